The van der Waals surface area contributed by atoms with E-state index in [-0.39, 0.29) is 6.42 Å². The highest BCUT2D eigenvalue weighted by molar-refractivity contribution is 7.13. The molecule has 64 valence electrons. The molecule has 5 heteroatoms. The van der Waals surface area contributed by atoms with Crippen LogP contribution in [0.4, 0.5) is 0 Å². The van der Waals surface area contributed by atoms with Gasteiger partial charge in [-0.3, -0.25) is 0 Å². The molecule has 2 aromatic rings. The van der Waals surface area contributed by atoms with E-state index in [0.717, 1.165) is 4.88 Å². The zero-order valence-corrected chi connectivity index (χ0v) is 7.41. The third kappa shape index (κ3) is 1.58. The molecule has 13 heavy (non-hydrogen) atoms. The molecule has 0 radical (unpaired) electrons. The van der Waals surface area contributed by atoms with E-state index < -0.39 is 0 Å². The average molecular weight is 191 g/mol. The molecule has 0 aromatic carbocycles. The van der Waals surface area contributed by atoms with Crippen LogP contribution in [0.5, 0.6) is 0 Å². The van der Waals surface area contributed by atoms with E-state index in [0.29, 0.717) is 11.7 Å². The summed E-state index contributed by atoms with van der Waals surface area (Å²) in [5.74, 6) is 0.922. The fraction of sp³-hybridized carbons (Fsp3) is 0.125. The minimum Gasteiger partial charge on any atom is -0.333 e. The molecule has 0 bridgehead atoms. The predicted octanol–water partition coefficient (Wildman–Crippen LogP) is 1.86. The Bertz CT molecular complexity index is 426. The number of thiophene rings is 1. The van der Waals surface area contributed by atoms with Crippen LogP contribution in [0.1, 0.15) is 5.82 Å². The van der Waals surface area contributed by atoms with Crippen LogP contribution in [-0.4, -0.2) is 10.1 Å². The van der Waals surface area contributed by atoms with Gasteiger partial charge < -0.3 is 4.52 Å². The van der Waals surface area contributed by atoms with E-state index in [1.54, 1.807) is 0 Å². The fourth-order valence-corrected chi connectivity index (χ4v) is 1.54. The van der Waals surface area contributed by atoms with E-state index >= 15 is 0 Å². The first-order valence-electron chi connectivity index (χ1n) is 3.63. The Labute approximate surface area is 78.4 Å². The predicted molar refractivity (Wildman–Crippen MR) is 46.9 cm³/mol. The molecule has 0 atom stereocenters. The highest BCUT2D eigenvalue weighted by atomic mass is 32.1. The Hall–Kier alpha value is -1.67. The van der Waals surface area contributed by atoms with Gasteiger partial charge in [-0.25, -0.2) is 0 Å². The van der Waals surface area contributed by atoms with E-state index in [1.165, 1.54) is 11.3 Å². The zero-order valence-electron chi connectivity index (χ0n) is 6.60. The van der Waals surface area contributed by atoms with Gasteiger partial charge in [-0.1, -0.05) is 11.2 Å². The summed E-state index contributed by atoms with van der Waals surface area (Å²) in [6.07, 6.45) is 0.189. The molecule has 0 amide bonds. The maximum Gasteiger partial charge on any atom is 0.268 e. The Morgan fingerprint density at radius 3 is 3.23 bits per heavy atom. The summed E-state index contributed by atoms with van der Waals surface area (Å²) in [6, 6.07) is 5.77. The molecular formula is C8H5N3OS. The van der Waals surface area contributed by atoms with Crippen molar-refractivity contribution in [3.05, 3.63) is 23.3 Å². The van der Waals surface area contributed by atoms with Crippen molar-refractivity contribution >= 4 is 11.3 Å². The first-order chi connectivity index (χ1) is 6.40. The van der Waals surface area contributed by atoms with Crippen molar-refractivity contribution in [1.29, 1.82) is 5.26 Å². The lowest BCUT2D eigenvalue weighted by molar-refractivity contribution is 0.425. The minimum absolute atomic E-state index is 0.189. The third-order valence-electron chi connectivity index (χ3n) is 1.44. The number of rotatable bonds is 2. The van der Waals surface area contributed by atoms with Gasteiger partial charge in [-0.15, -0.1) is 11.3 Å². The fourth-order valence-electron chi connectivity index (χ4n) is 0.897. The summed E-state index contributed by atoms with van der Waals surface area (Å²) in [6.45, 7) is 0. The van der Waals surface area contributed by atoms with Crippen LogP contribution in [0.15, 0.2) is 22.0 Å². The summed E-state index contributed by atoms with van der Waals surface area (Å²) in [7, 11) is 0. The van der Waals surface area contributed by atoms with Crippen LogP contribution < -0.4 is 0 Å². The first kappa shape index (κ1) is 7.95. The van der Waals surface area contributed by atoms with Crippen molar-refractivity contribution in [3.8, 4) is 16.8 Å². The molecule has 0 saturated carbocycles. The van der Waals surface area contributed by atoms with Gasteiger partial charge >= 0.3 is 0 Å². The Kier molecular flexibility index (Phi) is 2.06. The van der Waals surface area contributed by atoms with Crippen LogP contribution in [0.2, 0.25) is 0 Å². The molecule has 2 rings (SSSR count). The van der Waals surface area contributed by atoms with Gasteiger partial charge in [0.2, 0.25) is 0 Å². The summed E-state index contributed by atoms with van der Waals surface area (Å²) in [5.41, 5.74) is 0. The Morgan fingerprint density at radius 2 is 2.54 bits per heavy atom. The van der Waals surface area contributed by atoms with Crippen LogP contribution >= 0.6 is 11.3 Å². The number of hydrogen-bond acceptors (Lipinski definition) is 5. The van der Waals surface area contributed by atoms with Gasteiger partial charge in [0.25, 0.3) is 5.89 Å². The lowest BCUT2D eigenvalue weighted by Gasteiger charge is -1.81. The summed E-state index contributed by atoms with van der Waals surface area (Å²) in [4.78, 5) is 4.98. The highest BCUT2D eigenvalue weighted by Gasteiger charge is 2.08. The molecule has 0 spiro atoms. The van der Waals surface area contributed by atoms with Crippen LogP contribution in [-0.2, 0) is 6.42 Å². The van der Waals surface area contributed by atoms with Crippen LogP contribution in [0, 0.1) is 11.3 Å². The van der Waals surface area contributed by atoms with Crippen molar-refractivity contribution < 1.29 is 4.52 Å². The van der Waals surface area contributed by atoms with Gasteiger partial charge in [0.15, 0.2) is 5.82 Å². The molecule has 0 aliphatic heterocycles. The monoisotopic (exact) mass is 191 g/mol. The number of nitrogens with zero attached hydrogens (tertiary/aromatic N) is 3. The van der Waals surface area contributed by atoms with E-state index in [1.807, 2.05) is 23.6 Å². The molecule has 2 aromatic heterocycles. The molecule has 4 nitrogen and oxygen atoms in total. The average Bonchev–Trinajstić information content (AvgIpc) is 2.70. The number of hydrogen-bond donors (Lipinski definition) is 0. The van der Waals surface area contributed by atoms with Gasteiger partial charge in [0.1, 0.15) is 0 Å². The largest absolute Gasteiger partial charge is 0.333 e. The molecule has 0 saturated heterocycles. The molecule has 0 N–H and O–H groups in total. The van der Waals surface area contributed by atoms with Crippen molar-refractivity contribution in [2.75, 3.05) is 0 Å². The summed E-state index contributed by atoms with van der Waals surface area (Å²) < 4.78 is 4.96. The minimum atomic E-state index is 0.189. The SMILES string of the molecule is N#CCc1noc(-c2cccs2)n1. The standard InChI is InChI=1S/C8H5N3OS/c9-4-3-7-10-8(12-11-7)6-2-1-5-13-6/h1-2,5H,3H2. The van der Waals surface area contributed by atoms with Gasteiger partial charge in [-0.05, 0) is 11.4 Å². The van der Waals surface area contributed by atoms with Crippen LogP contribution in [0.25, 0.3) is 10.8 Å². The van der Waals surface area contributed by atoms with Crippen molar-refractivity contribution in [2.45, 2.75) is 6.42 Å². The molecule has 0 unspecified atom stereocenters. The van der Waals surface area contributed by atoms with E-state index in [2.05, 4.69) is 10.1 Å². The molecule has 2 heterocycles. The maximum atomic E-state index is 8.39. The van der Waals surface area contributed by atoms with E-state index in [9.17, 15) is 0 Å². The zero-order chi connectivity index (χ0) is 9.10. The van der Waals surface area contributed by atoms with Crippen molar-refractivity contribution in [1.82, 2.24) is 10.1 Å². The molecule has 0 aliphatic rings. The second-order valence-corrected chi connectivity index (χ2v) is 3.28. The van der Waals surface area contributed by atoms with Gasteiger partial charge in [0.05, 0.1) is 17.4 Å². The van der Waals surface area contributed by atoms with Gasteiger partial charge in [-0.2, -0.15) is 10.2 Å². The summed E-state index contributed by atoms with van der Waals surface area (Å²) >= 11 is 1.53. The topological polar surface area (TPSA) is 62.7 Å². The lowest BCUT2D eigenvalue weighted by atomic mass is 10.4. The second-order valence-electron chi connectivity index (χ2n) is 2.33. The second kappa shape index (κ2) is 3.37. The highest BCUT2D eigenvalue weighted by Crippen LogP contribution is 2.22. The smallest absolute Gasteiger partial charge is 0.268 e. The molecule has 0 aliphatic carbocycles. The van der Waals surface area contributed by atoms with Crippen LogP contribution in [0.3, 0.4) is 0 Å². The van der Waals surface area contributed by atoms with Gasteiger partial charge in [0, 0.05) is 0 Å². The summed E-state index contributed by atoms with van der Waals surface area (Å²) in [5, 5.41) is 14.0. The number of nitriles is 1. The Morgan fingerprint density at radius 1 is 1.62 bits per heavy atom. The maximum absolute atomic E-state index is 8.39. The first-order valence-corrected chi connectivity index (χ1v) is 4.51. The lowest BCUT2D eigenvalue weighted by Crippen LogP contribution is -1.82. The molecule has 0 fully saturated rings. The third-order valence-corrected chi connectivity index (χ3v) is 2.30. The van der Waals surface area contributed by atoms with Crippen molar-refractivity contribution in [2.24, 2.45) is 0 Å². The Balaban J connectivity index is 2.29. The van der Waals surface area contributed by atoms with E-state index in [4.69, 9.17) is 9.78 Å². The quantitative estimate of drug-likeness (QED) is 0.726. The normalized spacial score (nSPS) is 9.77. The molecular weight excluding hydrogens is 186 g/mol. The van der Waals surface area contributed by atoms with Crippen molar-refractivity contribution in [3.63, 3.8) is 0 Å². The number of aromatic nitrogens is 2.